The van der Waals surface area contributed by atoms with Gasteiger partial charge in [-0.2, -0.15) is 5.26 Å². The maximum Gasteiger partial charge on any atom is 0.259 e. The van der Waals surface area contributed by atoms with Crippen LogP contribution in [-0.2, 0) is 0 Å². The fraction of sp³-hybridized carbons (Fsp3) is 0.154. The zero-order valence-electron chi connectivity index (χ0n) is 17.6. The van der Waals surface area contributed by atoms with Gasteiger partial charge in [-0.15, -0.1) is 0 Å². The molecule has 0 saturated carbocycles. The number of methoxy groups -OCH3 is 1. The van der Waals surface area contributed by atoms with Crippen LogP contribution < -0.4 is 4.74 Å². The van der Waals surface area contributed by atoms with Crippen molar-refractivity contribution in [2.75, 3.05) is 7.11 Å². The Morgan fingerprint density at radius 2 is 1.90 bits per heavy atom. The summed E-state index contributed by atoms with van der Waals surface area (Å²) in [5, 5.41) is 12.2. The minimum absolute atomic E-state index is 0.188. The molecule has 3 aromatic carbocycles. The molecule has 5 nitrogen and oxygen atoms in total. The Balaban J connectivity index is 1.76. The Morgan fingerprint density at radius 1 is 1.13 bits per heavy atom. The number of aryl methyl sites for hydroxylation is 2. The van der Waals surface area contributed by atoms with E-state index in [-0.39, 0.29) is 5.91 Å². The third-order valence-electron chi connectivity index (χ3n) is 6.18. The minimum atomic E-state index is -0.702. The Bertz CT molecular complexity index is 1420. The van der Waals surface area contributed by atoms with E-state index in [9.17, 15) is 10.1 Å². The number of amides is 1. The molecule has 1 aliphatic heterocycles. The van der Waals surface area contributed by atoms with E-state index in [2.05, 4.69) is 18.0 Å². The van der Waals surface area contributed by atoms with Gasteiger partial charge in [0.2, 0.25) is 0 Å². The van der Waals surface area contributed by atoms with E-state index in [1.54, 1.807) is 25.4 Å². The van der Waals surface area contributed by atoms with Gasteiger partial charge >= 0.3 is 0 Å². The Hall–Kier alpha value is -4.04. The summed E-state index contributed by atoms with van der Waals surface area (Å²) >= 11 is 0. The number of carbonyl (C=O) groups is 1. The maximum atomic E-state index is 13.2. The first-order valence-electron chi connectivity index (χ1n) is 10.1. The third kappa shape index (κ3) is 2.72. The van der Waals surface area contributed by atoms with Gasteiger partial charge in [-0.3, -0.25) is 9.69 Å². The van der Waals surface area contributed by atoms with Crippen molar-refractivity contribution in [3.05, 3.63) is 82.5 Å². The number of ether oxygens (including phenoxy) is 1. The van der Waals surface area contributed by atoms with Gasteiger partial charge in [0.15, 0.2) is 0 Å². The highest BCUT2D eigenvalue weighted by Gasteiger charge is 2.32. The Labute approximate surface area is 180 Å². The van der Waals surface area contributed by atoms with Crippen LogP contribution in [0.25, 0.3) is 27.9 Å². The molecule has 5 rings (SSSR count). The van der Waals surface area contributed by atoms with Crippen molar-refractivity contribution in [2.24, 2.45) is 0 Å². The van der Waals surface area contributed by atoms with Crippen LogP contribution in [0.5, 0.6) is 5.75 Å². The predicted octanol–water partition coefficient (Wildman–Crippen LogP) is 5.64. The smallest absolute Gasteiger partial charge is 0.259 e. The molecular weight excluding hydrogens is 386 g/mol. The molecule has 1 unspecified atom stereocenters. The molecule has 5 heteroatoms. The van der Waals surface area contributed by atoms with Gasteiger partial charge in [-0.05, 0) is 66.9 Å². The topological polar surface area (TPSA) is 69.1 Å². The lowest BCUT2D eigenvalue weighted by molar-refractivity contribution is 0.0794. The van der Waals surface area contributed by atoms with Crippen LogP contribution in [-0.4, -0.2) is 22.9 Å². The standard InChI is InChI=1S/C26H21N3O2/c1-15-19-11-12-29(26(30)17-7-5-4-6-8-17)22(14-27)23(19)16(2)24-20-13-18(31-3)9-10-21(20)28-25(15)24/h4-13,22,28H,1-3H3. The fourth-order valence-corrected chi connectivity index (χ4v) is 4.63. The molecule has 0 spiro atoms. The number of aromatic amines is 1. The average molecular weight is 407 g/mol. The number of hydrogen-bond acceptors (Lipinski definition) is 3. The van der Waals surface area contributed by atoms with Gasteiger partial charge in [-0.1, -0.05) is 18.2 Å². The second kappa shape index (κ2) is 7.03. The Morgan fingerprint density at radius 3 is 2.61 bits per heavy atom. The predicted molar refractivity (Wildman–Crippen MR) is 122 cm³/mol. The van der Waals surface area contributed by atoms with Crippen molar-refractivity contribution in [1.82, 2.24) is 9.88 Å². The molecule has 0 fully saturated rings. The number of aromatic nitrogens is 1. The van der Waals surface area contributed by atoms with Crippen LogP contribution in [0.4, 0.5) is 0 Å². The molecule has 4 aromatic rings. The average Bonchev–Trinajstić information content (AvgIpc) is 3.20. The highest BCUT2D eigenvalue weighted by atomic mass is 16.5. The van der Waals surface area contributed by atoms with Crippen molar-refractivity contribution in [3.8, 4) is 11.8 Å². The molecule has 0 aliphatic carbocycles. The number of H-pyrrole nitrogens is 1. The lowest BCUT2D eigenvalue weighted by atomic mass is 9.86. The van der Waals surface area contributed by atoms with Crippen molar-refractivity contribution in [3.63, 3.8) is 0 Å². The van der Waals surface area contributed by atoms with E-state index in [0.29, 0.717) is 5.56 Å². The van der Waals surface area contributed by atoms with E-state index in [1.165, 1.54) is 4.90 Å². The second-order valence-corrected chi connectivity index (χ2v) is 7.79. The monoisotopic (exact) mass is 407 g/mol. The van der Waals surface area contributed by atoms with Gasteiger partial charge in [0.1, 0.15) is 11.8 Å². The number of nitriles is 1. The molecule has 2 heterocycles. The van der Waals surface area contributed by atoms with Crippen LogP contribution >= 0.6 is 0 Å². The largest absolute Gasteiger partial charge is 0.497 e. The molecule has 1 aromatic heterocycles. The van der Waals surface area contributed by atoms with Crippen LogP contribution in [0.1, 0.15) is 38.7 Å². The number of nitrogens with one attached hydrogen (secondary N) is 1. The number of rotatable bonds is 2. The molecule has 1 aliphatic rings. The lowest BCUT2D eigenvalue weighted by Gasteiger charge is -2.31. The van der Waals surface area contributed by atoms with Gasteiger partial charge in [0, 0.05) is 33.6 Å². The molecule has 0 radical (unpaired) electrons. The first-order chi connectivity index (χ1) is 15.0. The number of benzene rings is 3. The van der Waals surface area contributed by atoms with Crippen molar-refractivity contribution >= 4 is 33.8 Å². The van der Waals surface area contributed by atoms with Gasteiger partial charge in [0.25, 0.3) is 5.91 Å². The minimum Gasteiger partial charge on any atom is -0.497 e. The lowest BCUT2D eigenvalue weighted by Crippen LogP contribution is -2.32. The molecule has 152 valence electrons. The van der Waals surface area contributed by atoms with Gasteiger partial charge in [0.05, 0.1) is 18.7 Å². The van der Waals surface area contributed by atoms with E-state index >= 15 is 0 Å². The van der Waals surface area contributed by atoms with Crippen LogP contribution in [0.2, 0.25) is 0 Å². The quantitative estimate of drug-likeness (QED) is 0.468. The molecule has 1 atom stereocenters. The number of carbonyl (C=O) groups excluding carboxylic acids is 1. The first kappa shape index (κ1) is 19.0. The SMILES string of the molecule is COc1ccc2[nH]c3c(C)c4c(c(C)c3c2c1)C(C#N)N(C(=O)c1ccccc1)C=C4. The van der Waals surface area contributed by atoms with E-state index in [1.807, 2.05) is 49.4 Å². The van der Waals surface area contributed by atoms with Crippen molar-refractivity contribution in [2.45, 2.75) is 19.9 Å². The Kier molecular flexibility index (Phi) is 4.30. The summed E-state index contributed by atoms with van der Waals surface area (Å²) < 4.78 is 5.43. The maximum absolute atomic E-state index is 13.2. The molecule has 0 saturated heterocycles. The summed E-state index contributed by atoms with van der Waals surface area (Å²) in [7, 11) is 1.65. The summed E-state index contributed by atoms with van der Waals surface area (Å²) in [5.41, 5.74) is 6.55. The zero-order chi connectivity index (χ0) is 21.7. The van der Waals surface area contributed by atoms with Crippen LogP contribution in [0.3, 0.4) is 0 Å². The van der Waals surface area contributed by atoms with Crippen molar-refractivity contribution < 1.29 is 9.53 Å². The van der Waals surface area contributed by atoms with E-state index in [4.69, 9.17) is 4.74 Å². The molecule has 31 heavy (non-hydrogen) atoms. The summed E-state index contributed by atoms with van der Waals surface area (Å²) in [6, 6.07) is 16.7. The second-order valence-electron chi connectivity index (χ2n) is 7.79. The van der Waals surface area contributed by atoms with Crippen molar-refractivity contribution in [1.29, 1.82) is 5.26 Å². The normalized spacial score (nSPS) is 15.2. The third-order valence-corrected chi connectivity index (χ3v) is 6.18. The summed E-state index contributed by atoms with van der Waals surface area (Å²) in [6.07, 6.45) is 3.67. The molecule has 0 bridgehead atoms. The highest BCUT2D eigenvalue weighted by molar-refractivity contribution is 6.12. The molecule has 1 N–H and O–H groups in total. The van der Waals surface area contributed by atoms with E-state index in [0.717, 1.165) is 49.8 Å². The first-order valence-corrected chi connectivity index (χ1v) is 10.1. The number of fused-ring (bicyclic) bond motifs is 4. The fourth-order valence-electron chi connectivity index (χ4n) is 4.63. The number of nitrogens with zero attached hydrogens (tertiary/aromatic N) is 2. The highest BCUT2D eigenvalue weighted by Crippen LogP contribution is 2.42. The summed E-state index contributed by atoms with van der Waals surface area (Å²) in [5.74, 6) is 0.590. The summed E-state index contributed by atoms with van der Waals surface area (Å²) in [4.78, 5) is 18.2. The number of hydrogen-bond donors (Lipinski definition) is 1. The van der Waals surface area contributed by atoms with Gasteiger partial charge < -0.3 is 9.72 Å². The molecular formula is C26H21N3O2. The molecule has 1 amide bonds. The van der Waals surface area contributed by atoms with Crippen LogP contribution in [0.15, 0.2) is 54.7 Å². The van der Waals surface area contributed by atoms with Crippen LogP contribution in [0, 0.1) is 25.2 Å². The van der Waals surface area contributed by atoms with E-state index < -0.39 is 6.04 Å². The summed E-state index contributed by atoms with van der Waals surface area (Å²) in [6.45, 7) is 4.09. The van der Waals surface area contributed by atoms with Gasteiger partial charge in [-0.25, -0.2) is 0 Å². The zero-order valence-corrected chi connectivity index (χ0v) is 17.6.